The summed E-state index contributed by atoms with van der Waals surface area (Å²) in [5, 5.41) is 3.99. The summed E-state index contributed by atoms with van der Waals surface area (Å²) in [5.74, 6) is 3.72. The lowest BCUT2D eigenvalue weighted by molar-refractivity contribution is 0.259. The molecule has 0 aliphatic rings. The van der Waals surface area contributed by atoms with Crippen molar-refractivity contribution >= 4 is 0 Å². The largest absolute Gasteiger partial charge is 0.497 e. The normalized spacial score (nSPS) is 9.83. The van der Waals surface area contributed by atoms with Crippen molar-refractivity contribution < 1.29 is 14.0 Å². The van der Waals surface area contributed by atoms with Crippen LogP contribution in [0, 0.1) is 12.3 Å². The van der Waals surface area contributed by atoms with Gasteiger partial charge in [0.05, 0.1) is 19.8 Å². The number of aromatic nitrogens is 1. The van der Waals surface area contributed by atoms with Crippen molar-refractivity contribution in [3.05, 3.63) is 29.8 Å². The molecule has 18 heavy (non-hydrogen) atoms. The van der Waals surface area contributed by atoms with Crippen LogP contribution >= 0.6 is 0 Å². The van der Waals surface area contributed by atoms with Crippen molar-refractivity contribution in [2.24, 2.45) is 0 Å². The highest BCUT2D eigenvalue weighted by atomic mass is 16.6. The average molecular weight is 243 g/mol. The van der Waals surface area contributed by atoms with E-state index in [0.717, 1.165) is 16.9 Å². The van der Waals surface area contributed by atoms with E-state index in [4.69, 9.17) is 20.4 Å². The number of rotatable bonds is 4. The highest BCUT2D eigenvalue weighted by Crippen LogP contribution is 2.31. The number of hydrogen-bond donors (Lipinski definition) is 0. The van der Waals surface area contributed by atoms with Gasteiger partial charge in [-0.3, -0.25) is 0 Å². The molecule has 2 rings (SSSR count). The van der Waals surface area contributed by atoms with Crippen molar-refractivity contribution in [3.63, 3.8) is 0 Å². The molecule has 0 radical (unpaired) electrons. The Bertz CT molecular complexity index is 564. The molecule has 0 aliphatic carbocycles. The summed E-state index contributed by atoms with van der Waals surface area (Å²) in [4.78, 5) is 0. The molecule has 0 fully saturated rings. The zero-order valence-electron chi connectivity index (χ0n) is 10.3. The fourth-order valence-electron chi connectivity index (χ4n) is 1.69. The Morgan fingerprint density at radius 2 is 1.94 bits per heavy atom. The van der Waals surface area contributed by atoms with Crippen LogP contribution in [0.25, 0.3) is 11.3 Å². The topological polar surface area (TPSA) is 44.5 Å². The Hall–Kier alpha value is -2.41. The fraction of sp³-hybridized carbons (Fsp3) is 0.214. The number of terminal acetylenes is 1. The summed E-state index contributed by atoms with van der Waals surface area (Å²) < 4.78 is 15.3. The molecule has 92 valence electrons. The van der Waals surface area contributed by atoms with E-state index < -0.39 is 0 Å². The van der Waals surface area contributed by atoms with Gasteiger partial charge in [-0.25, -0.2) is 0 Å². The van der Waals surface area contributed by atoms with Gasteiger partial charge in [0.2, 0.25) is 0 Å². The van der Waals surface area contributed by atoms with E-state index in [1.807, 2.05) is 24.3 Å². The highest BCUT2D eigenvalue weighted by molar-refractivity contribution is 5.65. The summed E-state index contributed by atoms with van der Waals surface area (Å²) in [6.45, 7) is 0. The molecule has 0 unspecified atom stereocenters. The molecule has 0 atom stereocenters. The minimum absolute atomic E-state index is 0.360. The second-order valence-electron chi connectivity index (χ2n) is 3.61. The van der Waals surface area contributed by atoms with Crippen LogP contribution in [-0.2, 0) is 6.42 Å². The molecule has 0 N–H and O–H groups in total. The third kappa shape index (κ3) is 2.16. The zero-order valence-corrected chi connectivity index (χ0v) is 10.3. The maximum Gasteiger partial charge on any atom is 0.315 e. The van der Waals surface area contributed by atoms with Gasteiger partial charge >= 0.3 is 5.95 Å². The molecule has 0 saturated carbocycles. The highest BCUT2D eigenvalue weighted by Gasteiger charge is 2.17. The summed E-state index contributed by atoms with van der Waals surface area (Å²) in [6.07, 6.45) is 5.75. The molecule has 0 aliphatic heterocycles. The molecular weight excluding hydrogens is 230 g/mol. The van der Waals surface area contributed by atoms with Gasteiger partial charge in [-0.05, 0) is 24.3 Å². The van der Waals surface area contributed by atoms with E-state index in [0.29, 0.717) is 18.1 Å². The van der Waals surface area contributed by atoms with E-state index >= 15 is 0 Å². The quantitative estimate of drug-likeness (QED) is 0.774. The van der Waals surface area contributed by atoms with Gasteiger partial charge in [0.25, 0.3) is 0 Å². The predicted octanol–water partition coefficient (Wildman–Crippen LogP) is 2.53. The molecule has 0 saturated heterocycles. The first-order chi connectivity index (χ1) is 8.80. The lowest BCUT2D eigenvalue weighted by Gasteiger charge is -2.02. The van der Waals surface area contributed by atoms with Crippen molar-refractivity contribution in [2.45, 2.75) is 6.42 Å². The SMILES string of the molecule is C#CCc1c(-c2ccc(OC)cc2)noc1OC. The maximum atomic E-state index is 5.34. The number of ether oxygens (including phenoxy) is 2. The van der Waals surface area contributed by atoms with Crippen LogP contribution in [0.3, 0.4) is 0 Å². The molecule has 4 nitrogen and oxygen atoms in total. The van der Waals surface area contributed by atoms with Gasteiger partial charge in [0.15, 0.2) is 0 Å². The monoisotopic (exact) mass is 243 g/mol. The Labute approximate surface area is 106 Å². The van der Waals surface area contributed by atoms with Crippen molar-refractivity contribution in [1.82, 2.24) is 5.16 Å². The van der Waals surface area contributed by atoms with Gasteiger partial charge in [-0.2, -0.15) is 0 Å². The Kier molecular flexibility index (Phi) is 3.54. The van der Waals surface area contributed by atoms with Gasteiger partial charge in [-0.1, -0.05) is 5.16 Å². The van der Waals surface area contributed by atoms with Crippen LogP contribution in [0.5, 0.6) is 11.7 Å². The summed E-state index contributed by atoms with van der Waals surface area (Å²) in [7, 11) is 3.15. The van der Waals surface area contributed by atoms with E-state index in [1.165, 1.54) is 7.11 Å². The van der Waals surface area contributed by atoms with Crippen LogP contribution in [0.4, 0.5) is 0 Å². The van der Waals surface area contributed by atoms with Crippen molar-refractivity contribution in [3.8, 4) is 35.3 Å². The minimum atomic E-state index is 0.360. The molecule has 1 heterocycles. The van der Waals surface area contributed by atoms with Gasteiger partial charge < -0.3 is 14.0 Å². The summed E-state index contributed by atoms with van der Waals surface area (Å²) in [5.41, 5.74) is 2.39. The van der Waals surface area contributed by atoms with E-state index in [9.17, 15) is 0 Å². The van der Waals surface area contributed by atoms with Crippen LogP contribution in [0.2, 0.25) is 0 Å². The van der Waals surface area contributed by atoms with Crippen LogP contribution in [0.15, 0.2) is 28.8 Å². The number of methoxy groups -OCH3 is 2. The Morgan fingerprint density at radius 1 is 1.22 bits per heavy atom. The van der Waals surface area contributed by atoms with Crippen molar-refractivity contribution in [2.75, 3.05) is 14.2 Å². The van der Waals surface area contributed by atoms with Crippen LogP contribution in [-0.4, -0.2) is 19.4 Å². The lowest BCUT2D eigenvalue weighted by atomic mass is 10.1. The van der Waals surface area contributed by atoms with Crippen LogP contribution in [0.1, 0.15) is 5.56 Å². The Balaban J connectivity index is 2.43. The molecular formula is C14H13NO3. The predicted molar refractivity (Wildman–Crippen MR) is 67.6 cm³/mol. The second kappa shape index (κ2) is 5.28. The first-order valence-electron chi connectivity index (χ1n) is 5.40. The van der Waals surface area contributed by atoms with Crippen molar-refractivity contribution in [1.29, 1.82) is 0 Å². The Morgan fingerprint density at radius 3 is 2.50 bits per heavy atom. The molecule has 4 heteroatoms. The first kappa shape index (κ1) is 12.1. The second-order valence-corrected chi connectivity index (χ2v) is 3.61. The smallest absolute Gasteiger partial charge is 0.315 e. The number of hydrogen-bond acceptors (Lipinski definition) is 4. The van der Waals surface area contributed by atoms with Gasteiger partial charge in [0, 0.05) is 12.0 Å². The van der Waals surface area contributed by atoms with E-state index in [2.05, 4.69) is 11.1 Å². The van der Waals surface area contributed by atoms with Crippen LogP contribution < -0.4 is 9.47 Å². The number of benzene rings is 1. The molecule has 0 spiro atoms. The average Bonchev–Trinajstić information content (AvgIpc) is 2.82. The standard InChI is InChI=1S/C14H13NO3/c1-4-5-12-13(15-18-14(12)17-3)10-6-8-11(16-2)9-7-10/h1,6-9H,5H2,2-3H3. The van der Waals surface area contributed by atoms with Gasteiger partial charge in [0.1, 0.15) is 11.4 Å². The molecule has 1 aromatic carbocycles. The zero-order chi connectivity index (χ0) is 13.0. The van der Waals surface area contributed by atoms with E-state index in [1.54, 1.807) is 7.11 Å². The first-order valence-corrected chi connectivity index (χ1v) is 5.40. The van der Waals surface area contributed by atoms with E-state index in [-0.39, 0.29) is 0 Å². The fourth-order valence-corrected chi connectivity index (χ4v) is 1.69. The molecule has 0 bridgehead atoms. The minimum Gasteiger partial charge on any atom is -0.497 e. The third-order valence-corrected chi connectivity index (χ3v) is 2.58. The molecule has 2 aromatic rings. The summed E-state index contributed by atoms with van der Waals surface area (Å²) in [6, 6.07) is 7.51. The van der Waals surface area contributed by atoms with Gasteiger partial charge in [-0.15, -0.1) is 12.3 Å². The lowest BCUT2D eigenvalue weighted by Crippen LogP contribution is -1.90. The summed E-state index contributed by atoms with van der Waals surface area (Å²) >= 11 is 0. The molecule has 0 amide bonds. The maximum absolute atomic E-state index is 5.34. The molecule has 1 aromatic heterocycles. The number of nitrogens with zero attached hydrogens (tertiary/aromatic N) is 1. The third-order valence-electron chi connectivity index (χ3n) is 2.58.